The summed E-state index contributed by atoms with van der Waals surface area (Å²) in [5.41, 5.74) is 9.89. The second-order valence-corrected chi connectivity index (χ2v) is 8.19. The second-order valence-electron chi connectivity index (χ2n) is 8.19. The molecule has 0 saturated carbocycles. The van der Waals surface area contributed by atoms with Crippen LogP contribution in [0.5, 0.6) is 0 Å². The predicted molar refractivity (Wildman–Crippen MR) is 119 cm³/mol. The molecule has 2 aromatic carbocycles. The molecule has 1 amide bonds. The number of nitrogens with one attached hydrogen (secondary N) is 2. The van der Waals surface area contributed by atoms with Gasteiger partial charge in [0.15, 0.2) is 0 Å². The van der Waals surface area contributed by atoms with E-state index in [9.17, 15) is 4.79 Å². The molecule has 1 atom stereocenters. The van der Waals surface area contributed by atoms with E-state index >= 15 is 0 Å². The number of aromatic nitrogens is 3. The Bertz CT molecular complexity index is 1190. The van der Waals surface area contributed by atoms with Crippen molar-refractivity contribution in [2.45, 2.75) is 32.0 Å². The van der Waals surface area contributed by atoms with E-state index in [2.05, 4.69) is 56.8 Å². The van der Waals surface area contributed by atoms with Gasteiger partial charge in [0.05, 0.1) is 11.7 Å². The van der Waals surface area contributed by atoms with Gasteiger partial charge in [-0.3, -0.25) is 14.8 Å². The molecule has 1 aliphatic rings. The van der Waals surface area contributed by atoms with Crippen LogP contribution in [0.4, 0.5) is 5.69 Å². The van der Waals surface area contributed by atoms with Crippen LogP contribution in [0.15, 0.2) is 54.9 Å². The number of rotatable bonds is 6. The summed E-state index contributed by atoms with van der Waals surface area (Å²) in [6.07, 6.45) is 6.15. The molecule has 1 aliphatic heterocycles. The minimum absolute atomic E-state index is 0.215. The molecule has 0 spiro atoms. The first-order chi connectivity index (χ1) is 14.6. The van der Waals surface area contributed by atoms with E-state index in [1.54, 1.807) is 0 Å². The summed E-state index contributed by atoms with van der Waals surface area (Å²) in [6.45, 7) is 3.27. The lowest BCUT2D eigenvalue weighted by atomic mass is 10.0. The Morgan fingerprint density at radius 3 is 3.03 bits per heavy atom. The first kappa shape index (κ1) is 18.7. The van der Waals surface area contributed by atoms with E-state index in [-0.39, 0.29) is 12.5 Å². The highest BCUT2D eigenvalue weighted by molar-refractivity contribution is 5.83. The fourth-order valence-corrected chi connectivity index (χ4v) is 4.50. The summed E-state index contributed by atoms with van der Waals surface area (Å²) in [5, 5.41) is 13.1. The standard InChI is InChI=1S/C23H26N6O/c24-23(30)15-29-9-7-17-10-16(3-6-22(17)29)13-28-8-1-2-20(14-28)26-19-4-5-21-18(11-19)12-25-27-21/h3-7,9-12,20,26H,1-2,8,13-15H2,(H2,24,30)(H,25,27)/t20-/m1/s1. The summed E-state index contributed by atoms with van der Waals surface area (Å²) in [6, 6.07) is 15.3. The molecule has 1 fully saturated rings. The fourth-order valence-electron chi connectivity index (χ4n) is 4.50. The molecule has 5 rings (SSSR count). The van der Waals surface area contributed by atoms with Gasteiger partial charge in [-0.1, -0.05) is 6.07 Å². The number of carbonyl (C=O) groups excluding carboxylic acids is 1. The van der Waals surface area contributed by atoms with Gasteiger partial charge in [-0.25, -0.2) is 0 Å². The van der Waals surface area contributed by atoms with Gasteiger partial charge in [0, 0.05) is 41.9 Å². The maximum atomic E-state index is 11.2. The van der Waals surface area contributed by atoms with E-state index in [1.807, 2.05) is 23.0 Å². The van der Waals surface area contributed by atoms with Gasteiger partial charge in [0.1, 0.15) is 6.54 Å². The van der Waals surface area contributed by atoms with Crippen molar-refractivity contribution in [2.24, 2.45) is 5.73 Å². The van der Waals surface area contributed by atoms with Crippen LogP contribution in [0.2, 0.25) is 0 Å². The number of nitrogens with zero attached hydrogens (tertiary/aromatic N) is 3. The molecule has 4 aromatic rings. The van der Waals surface area contributed by atoms with Crippen LogP contribution in [0.25, 0.3) is 21.8 Å². The molecule has 1 saturated heterocycles. The lowest BCUT2D eigenvalue weighted by Crippen LogP contribution is -2.41. The van der Waals surface area contributed by atoms with Crippen molar-refractivity contribution in [1.29, 1.82) is 0 Å². The van der Waals surface area contributed by atoms with Gasteiger partial charge in [-0.05, 0) is 66.7 Å². The molecule has 154 valence electrons. The average molecular weight is 403 g/mol. The lowest BCUT2D eigenvalue weighted by Gasteiger charge is -2.33. The summed E-state index contributed by atoms with van der Waals surface area (Å²) in [4.78, 5) is 13.7. The SMILES string of the molecule is NC(=O)Cn1ccc2cc(CN3CCC[C@@H](Nc4ccc5[nH]ncc5c4)C3)ccc21. The van der Waals surface area contributed by atoms with Crippen molar-refractivity contribution in [2.75, 3.05) is 18.4 Å². The van der Waals surface area contributed by atoms with Gasteiger partial charge >= 0.3 is 0 Å². The molecule has 3 heterocycles. The lowest BCUT2D eigenvalue weighted by molar-refractivity contribution is -0.118. The number of hydrogen-bond acceptors (Lipinski definition) is 4. The molecule has 2 aromatic heterocycles. The van der Waals surface area contributed by atoms with Crippen molar-refractivity contribution >= 4 is 33.4 Å². The first-order valence-corrected chi connectivity index (χ1v) is 10.4. The molecular weight excluding hydrogens is 376 g/mol. The number of aromatic amines is 1. The topological polar surface area (TPSA) is 92.0 Å². The zero-order valence-corrected chi connectivity index (χ0v) is 16.8. The number of benzene rings is 2. The normalized spacial score (nSPS) is 17.5. The minimum atomic E-state index is -0.324. The fraction of sp³-hybridized carbons (Fsp3) is 0.304. The predicted octanol–water partition coefficient (Wildman–Crippen LogP) is 3.08. The van der Waals surface area contributed by atoms with Gasteiger partial charge in [-0.2, -0.15) is 5.10 Å². The largest absolute Gasteiger partial charge is 0.381 e. The number of nitrogens with two attached hydrogens (primary N) is 1. The third-order valence-electron chi connectivity index (χ3n) is 5.88. The zero-order chi connectivity index (χ0) is 20.5. The van der Waals surface area contributed by atoms with Crippen molar-refractivity contribution in [3.63, 3.8) is 0 Å². The van der Waals surface area contributed by atoms with Crippen LogP contribution in [0, 0.1) is 0 Å². The number of likely N-dealkylation sites (tertiary alicyclic amines) is 1. The monoisotopic (exact) mass is 402 g/mol. The molecule has 7 heteroatoms. The highest BCUT2D eigenvalue weighted by Crippen LogP contribution is 2.23. The van der Waals surface area contributed by atoms with Crippen molar-refractivity contribution in [1.82, 2.24) is 19.7 Å². The van der Waals surface area contributed by atoms with E-state index < -0.39 is 0 Å². The van der Waals surface area contributed by atoms with Crippen LogP contribution in [0.3, 0.4) is 0 Å². The van der Waals surface area contributed by atoms with Gasteiger partial charge in [-0.15, -0.1) is 0 Å². The van der Waals surface area contributed by atoms with Gasteiger partial charge < -0.3 is 15.6 Å². The Balaban J connectivity index is 1.25. The van der Waals surface area contributed by atoms with E-state index in [1.165, 1.54) is 18.4 Å². The Labute approximate surface area is 174 Å². The van der Waals surface area contributed by atoms with Gasteiger partial charge in [0.25, 0.3) is 0 Å². The quantitative estimate of drug-likeness (QED) is 0.462. The molecule has 7 nitrogen and oxygen atoms in total. The summed E-state index contributed by atoms with van der Waals surface area (Å²) < 4.78 is 1.90. The summed E-state index contributed by atoms with van der Waals surface area (Å²) in [5.74, 6) is -0.324. The highest BCUT2D eigenvalue weighted by Gasteiger charge is 2.20. The molecule has 0 radical (unpaired) electrons. The molecule has 30 heavy (non-hydrogen) atoms. The van der Waals surface area contributed by atoms with Crippen LogP contribution < -0.4 is 11.1 Å². The van der Waals surface area contributed by atoms with Crippen molar-refractivity contribution in [3.8, 4) is 0 Å². The number of hydrogen-bond donors (Lipinski definition) is 3. The van der Waals surface area contributed by atoms with Crippen molar-refractivity contribution in [3.05, 3.63) is 60.4 Å². The summed E-state index contributed by atoms with van der Waals surface area (Å²) in [7, 11) is 0. The number of piperidine rings is 1. The van der Waals surface area contributed by atoms with E-state index in [4.69, 9.17) is 5.73 Å². The number of primary amides is 1. The maximum absolute atomic E-state index is 11.2. The Kier molecular flexibility index (Phi) is 4.88. The third-order valence-corrected chi connectivity index (χ3v) is 5.88. The van der Waals surface area contributed by atoms with Crippen LogP contribution in [-0.4, -0.2) is 44.7 Å². The van der Waals surface area contributed by atoms with E-state index in [0.29, 0.717) is 6.04 Å². The van der Waals surface area contributed by atoms with Crippen LogP contribution >= 0.6 is 0 Å². The Morgan fingerprint density at radius 2 is 2.13 bits per heavy atom. The summed E-state index contributed by atoms with van der Waals surface area (Å²) >= 11 is 0. The minimum Gasteiger partial charge on any atom is -0.381 e. The number of amides is 1. The third kappa shape index (κ3) is 3.89. The Morgan fingerprint density at radius 1 is 1.20 bits per heavy atom. The highest BCUT2D eigenvalue weighted by atomic mass is 16.1. The number of anilines is 1. The van der Waals surface area contributed by atoms with E-state index in [0.717, 1.165) is 47.1 Å². The van der Waals surface area contributed by atoms with Gasteiger partial charge in [0.2, 0.25) is 5.91 Å². The molecular formula is C23H26N6O. The average Bonchev–Trinajstić information content (AvgIpc) is 3.34. The molecule has 0 unspecified atom stereocenters. The molecule has 0 bridgehead atoms. The number of carbonyl (C=O) groups is 1. The first-order valence-electron chi connectivity index (χ1n) is 10.4. The van der Waals surface area contributed by atoms with Crippen LogP contribution in [-0.2, 0) is 17.9 Å². The number of H-pyrrole nitrogens is 1. The molecule has 4 N–H and O–H groups in total. The maximum Gasteiger partial charge on any atom is 0.237 e. The smallest absolute Gasteiger partial charge is 0.237 e. The number of fused-ring (bicyclic) bond motifs is 2. The zero-order valence-electron chi connectivity index (χ0n) is 16.8. The second kappa shape index (κ2) is 7.84. The molecule has 0 aliphatic carbocycles. The van der Waals surface area contributed by atoms with Crippen LogP contribution in [0.1, 0.15) is 18.4 Å². The van der Waals surface area contributed by atoms with Crippen molar-refractivity contribution < 1.29 is 4.79 Å². The Hall–Kier alpha value is -3.32.